The van der Waals surface area contributed by atoms with Crippen LogP contribution in [0.15, 0.2) is 66.2 Å². The molecule has 0 radical (unpaired) electrons. The number of carbonyl (C=O) groups is 2. The van der Waals surface area contributed by atoms with E-state index in [9.17, 15) is 19.2 Å². The van der Waals surface area contributed by atoms with E-state index in [4.69, 9.17) is 9.47 Å². The lowest BCUT2D eigenvalue weighted by Crippen LogP contribution is -2.21. The lowest BCUT2D eigenvalue weighted by molar-refractivity contribution is -0.118. The van der Waals surface area contributed by atoms with Crippen molar-refractivity contribution >= 4 is 29.3 Å². The summed E-state index contributed by atoms with van der Waals surface area (Å²) in [6.45, 7) is 3.45. The van der Waals surface area contributed by atoms with Crippen molar-refractivity contribution in [1.29, 1.82) is 5.26 Å². The highest BCUT2D eigenvalue weighted by Gasteiger charge is 2.13. The zero-order valence-corrected chi connectivity index (χ0v) is 19.5. The second kappa shape index (κ2) is 11.5. The Bertz CT molecular complexity index is 1330. The van der Waals surface area contributed by atoms with Crippen LogP contribution in [0.1, 0.15) is 16.7 Å². The van der Waals surface area contributed by atoms with Crippen molar-refractivity contribution in [3.05, 3.63) is 88.7 Å². The third-order valence-electron chi connectivity index (χ3n) is 5.00. The molecule has 0 aliphatic carbocycles. The van der Waals surface area contributed by atoms with E-state index in [1.54, 1.807) is 30.3 Å². The van der Waals surface area contributed by atoms with E-state index in [-0.39, 0.29) is 23.6 Å². The maximum Gasteiger partial charge on any atom is 0.266 e. The van der Waals surface area contributed by atoms with Gasteiger partial charge in [0.2, 0.25) is 0 Å². The molecule has 8 heteroatoms. The van der Waals surface area contributed by atoms with Crippen molar-refractivity contribution in [1.82, 2.24) is 0 Å². The number of anilines is 2. The van der Waals surface area contributed by atoms with E-state index in [0.29, 0.717) is 17.0 Å². The van der Waals surface area contributed by atoms with Crippen molar-refractivity contribution in [3.8, 4) is 17.6 Å². The topological polar surface area (TPSA) is 100 Å². The number of nitriles is 1. The fraction of sp³-hybridized carbons (Fsp3) is 0.148. The summed E-state index contributed by atoms with van der Waals surface area (Å²) in [5.74, 6) is -1.07. The molecule has 0 unspecified atom stereocenters. The molecule has 7 nitrogen and oxygen atoms in total. The van der Waals surface area contributed by atoms with Crippen LogP contribution in [0.25, 0.3) is 6.08 Å². The first kappa shape index (κ1) is 25.0. The summed E-state index contributed by atoms with van der Waals surface area (Å²) >= 11 is 0. The Labute approximate surface area is 202 Å². The highest BCUT2D eigenvalue weighted by molar-refractivity contribution is 6.10. The Kier molecular flexibility index (Phi) is 8.20. The first-order chi connectivity index (χ1) is 16.8. The number of nitrogens with one attached hydrogen (secondary N) is 2. The Morgan fingerprint density at radius 3 is 2.46 bits per heavy atom. The number of nitrogens with zero attached hydrogens (tertiary/aromatic N) is 1. The fourth-order valence-corrected chi connectivity index (χ4v) is 3.24. The molecule has 3 rings (SSSR count). The Morgan fingerprint density at radius 1 is 1.00 bits per heavy atom. The first-order valence-electron chi connectivity index (χ1n) is 10.7. The molecule has 2 N–H and O–H groups in total. The third kappa shape index (κ3) is 6.68. The minimum absolute atomic E-state index is 0.0525. The van der Waals surface area contributed by atoms with Gasteiger partial charge in [0.15, 0.2) is 18.1 Å². The number of aryl methyl sites for hydroxylation is 2. The molecule has 0 aromatic heterocycles. The van der Waals surface area contributed by atoms with Gasteiger partial charge < -0.3 is 20.1 Å². The monoisotopic (exact) mass is 473 g/mol. The summed E-state index contributed by atoms with van der Waals surface area (Å²) < 4.78 is 24.5. The molecular weight excluding hydrogens is 449 g/mol. The molecule has 0 saturated carbocycles. The van der Waals surface area contributed by atoms with Gasteiger partial charge in [-0.05, 0) is 61.4 Å². The van der Waals surface area contributed by atoms with Crippen molar-refractivity contribution in [2.45, 2.75) is 13.8 Å². The van der Waals surface area contributed by atoms with Crippen LogP contribution in [-0.2, 0) is 9.59 Å². The SMILES string of the molecule is COc1cc(/C=C(\C#N)C(=O)Nc2ccc(C)cc2C)ccc1OCC(=O)Nc1ccccc1F. The smallest absolute Gasteiger partial charge is 0.266 e. The number of rotatable bonds is 8. The van der Waals surface area contributed by atoms with E-state index in [1.165, 1.54) is 31.4 Å². The van der Waals surface area contributed by atoms with Gasteiger partial charge in [0.25, 0.3) is 11.8 Å². The number of hydrogen-bond donors (Lipinski definition) is 2. The van der Waals surface area contributed by atoms with Crippen LogP contribution in [0.5, 0.6) is 11.5 Å². The molecule has 0 bridgehead atoms. The predicted molar refractivity (Wildman–Crippen MR) is 132 cm³/mol. The number of para-hydroxylation sites is 1. The summed E-state index contributed by atoms with van der Waals surface area (Å²) in [5.41, 5.74) is 3.06. The number of methoxy groups -OCH3 is 1. The molecule has 0 aliphatic rings. The van der Waals surface area contributed by atoms with E-state index in [0.717, 1.165) is 11.1 Å². The highest BCUT2D eigenvalue weighted by Crippen LogP contribution is 2.29. The molecule has 0 heterocycles. The number of halogens is 1. The van der Waals surface area contributed by atoms with Crippen LogP contribution in [0.4, 0.5) is 15.8 Å². The van der Waals surface area contributed by atoms with E-state index in [2.05, 4.69) is 10.6 Å². The second-order valence-corrected chi connectivity index (χ2v) is 7.67. The van der Waals surface area contributed by atoms with E-state index in [1.807, 2.05) is 32.0 Å². The largest absolute Gasteiger partial charge is 0.493 e. The van der Waals surface area contributed by atoms with Crippen molar-refractivity contribution in [3.63, 3.8) is 0 Å². The van der Waals surface area contributed by atoms with Gasteiger partial charge in [-0.3, -0.25) is 9.59 Å². The van der Waals surface area contributed by atoms with Crippen LogP contribution >= 0.6 is 0 Å². The minimum Gasteiger partial charge on any atom is -0.493 e. The maximum absolute atomic E-state index is 13.7. The first-order valence-corrected chi connectivity index (χ1v) is 10.7. The maximum atomic E-state index is 13.7. The number of benzene rings is 3. The second-order valence-electron chi connectivity index (χ2n) is 7.67. The Balaban J connectivity index is 1.70. The zero-order chi connectivity index (χ0) is 25.4. The molecule has 0 saturated heterocycles. The molecule has 0 atom stereocenters. The Morgan fingerprint density at radius 2 is 1.77 bits per heavy atom. The van der Waals surface area contributed by atoms with Gasteiger partial charge in [-0.1, -0.05) is 35.9 Å². The van der Waals surface area contributed by atoms with Gasteiger partial charge in [0, 0.05) is 5.69 Å². The van der Waals surface area contributed by atoms with Crippen LogP contribution in [-0.4, -0.2) is 25.5 Å². The molecule has 3 aromatic carbocycles. The molecular formula is C27H24FN3O4. The van der Waals surface area contributed by atoms with Crippen molar-refractivity contribution in [2.75, 3.05) is 24.4 Å². The fourth-order valence-electron chi connectivity index (χ4n) is 3.24. The van der Waals surface area contributed by atoms with Gasteiger partial charge in [-0.2, -0.15) is 5.26 Å². The van der Waals surface area contributed by atoms with Crippen LogP contribution < -0.4 is 20.1 Å². The molecule has 35 heavy (non-hydrogen) atoms. The van der Waals surface area contributed by atoms with E-state index >= 15 is 0 Å². The Hall–Kier alpha value is -4.64. The highest BCUT2D eigenvalue weighted by atomic mass is 19.1. The summed E-state index contributed by atoms with van der Waals surface area (Å²) in [6, 6.07) is 18.1. The summed E-state index contributed by atoms with van der Waals surface area (Å²) in [7, 11) is 1.42. The average molecular weight is 474 g/mol. The predicted octanol–water partition coefficient (Wildman–Crippen LogP) is 5.01. The molecule has 3 aromatic rings. The lowest BCUT2D eigenvalue weighted by atomic mass is 10.1. The zero-order valence-electron chi connectivity index (χ0n) is 19.5. The molecule has 0 spiro atoms. The van der Waals surface area contributed by atoms with Crippen LogP contribution in [0.2, 0.25) is 0 Å². The van der Waals surface area contributed by atoms with E-state index < -0.39 is 17.6 Å². The molecule has 0 aliphatic heterocycles. The summed E-state index contributed by atoms with van der Waals surface area (Å²) in [5, 5.41) is 14.7. The number of ether oxygens (including phenoxy) is 2. The standard InChI is InChI=1S/C27H24FN3O4/c1-17-8-10-22(18(2)12-17)31-27(33)20(15-29)13-19-9-11-24(25(14-19)34-3)35-16-26(32)30-23-7-5-4-6-21(23)28/h4-14H,16H2,1-3H3,(H,30,32)(H,31,33)/b20-13+. The normalized spacial score (nSPS) is 10.8. The molecule has 0 fully saturated rings. The quantitative estimate of drug-likeness (QED) is 0.354. The van der Waals surface area contributed by atoms with Crippen LogP contribution in [0, 0.1) is 31.0 Å². The molecule has 178 valence electrons. The lowest BCUT2D eigenvalue weighted by Gasteiger charge is -2.12. The van der Waals surface area contributed by atoms with Gasteiger partial charge >= 0.3 is 0 Å². The van der Waals surface area contributed by atoms with Gasteiger partial charge in [0.1, 0.15) is 17.5 Å². The summed E-state index contributed by atoms with van der Waals surface area (Å²) in [6.07, 6.45) is 1.43. The van der Waals surface area contributed by atoms with Gasteiger partial charge in [-0.15, -0.1) is 0 Å². The summed E-state index contributed by atoms with van der Waals surface area (Å²) in [4.78, 5) is 24.8. The number of carbonyl (C=O) groups excluding carboxylic acids is 2. The third-order valence-corrected chi connectivity index (χ3v) is 5.00. The number of hydrogen-bond acceptors (Lipinski definition) is 5. The van der Waals surface area contributed by atoms with Crippen molar-refractivity contribution < 1.29 is 23.5 Å². The average Bonchev–Trinajstić information content (AvgIpc) is 2.84. The minimum atomic E-state index is -0.551. The van der Waals surface area contributed by atoms with Gasteiger partial charge in [-0.25, -0.2) is 4.39 Å². The van der Waals surface area contributed by atoms with Crippen molar-refractivity contribution in [2.24, 2.45) is 0 Å². The van der Waals surface area contributed by atoms with Crippen LogP contribution in [0.3, 0.4) is 0 Å². The number of amides is 2. The van der Waals surface area contributed by atoms with Gasteiger partial charge in [0.05, 0.1) is 12.8 Å². The molecule has 2 amide bonds.